The first-order chi connectivity index (χ1) is 10.0. The molecule has 0 atom stereocenters. The molecule has 0 saturated heterocycles. The molecule has 3 heterocycles. The van der Waals surface area contributed by atoms with Gasteiger partial charge in [-0.05, 0) is 25.4 Å². The molecule has 3 aromatic heterocycles. The Morgan fingerprint density at radius 2 is 2.19 bits per heavy atom. The van der Waals surface area contributed by atoms with Crippen LogP contribution < -0.4 is 11.1 Å². The zero-order chi connectivity index (χ0) is 15.0. The normalized spacial score (nSPS) is 11.0. The van der Waals surface area contributed by atoms with E-state index >= 15 is 0 Å². The number of nitrogens with one attached hydrogen (secondary N) is 1. The molecule has 0 aliphatic rings. The lowest BCUT2D eigenvalue weighted by atomic mass is 10.2. The third kappa shape index (κ3) is 2.77. The zero-order valence-corrected chi connectivity index (χ0v) is 13.7. The largest absolute Gasteiger partial charge is 0.382 e. The van der Waals surface area contributed by atoms with E-state index in [0.29, 0.717) is 12.4 Å². The minimum absolute atomic E-state index is 0.528. The van der Waals surface area contributed by atoms with Crippen molar-refractivity contribution >= 4 is 33.7 Å². The molecule has 21 heavy (non-hydrogen) atoms. The zero-order valence-electron chi connectivity index (χ0n) is 12.0. The van der Waals surface area contributed by atoms with E-state index in [-0.39, 0.29) is 0 Å². The SMILES string of the molecule is Cc1csc(-c2c(N)nsc2NCc2cn(C)nc2C)n1. The minimum atomic E-state index is 0.528. The third-order valence-electron chi connectivity index (χ3n) is 3.11. The number of rotatable bonds is 4. The van der Waals surface area contributed by atoms with Crippen LogP contribution in [0.5, 0.6) is 0 Å². The molecular formula is C13H16N6S2. The van der Waals surface area contributed by atoms with Crippen molar-refractivity contribution in [2.75, 3.05) is 11.1 Å². The van der Waals surface area contributed by atoms with Crippen LogP contribution in [-0.2, 0) is 13.6 Å². The van der Waals surface area contributed by atoms with Crippen molar-refractivity contribution in [2.45, 2.75) is 20.4 Å². The number of aryl methyl sites for hydroxylation is 3. The van der Waals surface area contributed by atoms with Crippen LogP contribution in [0.15, 0.2) is 11.6 Å². The van der Waals surface area contributed by atoms with Gasteiger partial charge < -0.3 is 11.1 Å². The third-order valence-corrected chi connectivity index (χ3v) is 4.90. The van der Waals surface area contributed by atoms with Gasteiger partial charge in [0.15, 0.2) is 0 Å². The average molecular weight is 320 g/mol. The highest BCUT2D eigenvalue weighted by atomic mass is 32.1. The van der Waals surface area contributed by atoms with Gasteiger partial charge in [0.05, 0.1) is 11.3 Å². The van der Waals surface area contributed by atoms with Crippen molar-refractivity contribution in [3.8, 4) is 10.6 Å². The predicted octanol–water partition coefficient (Wildman–Crippen LogP) is 2.81. The van der Waals surface area contributed by atoms with Crippen molar-refractivity contribution in [3.05, 3.63) is 28.5 Å². The summed E-state index contributed by atoms with van der Waals surface area (Å²) in [4.78, 5) is 4.50. The second kappa shape index (κ2) is 5.45. The molecule has 0 saturated carbocycles. The fourth-order valence-corrected chi connectivity index (χ4v) is 3.73. The first-order valence-corrected chi connectivity index (χ1v) is 8.10. The number of nitrogens with two attached hydrogens (primary N) is 1. The second-order valence-electron chi connectivity index (χ2n) is 4.83. The van der Waals surface area contributed by atoms with Gasteiger partial charge in [0.25, 0.3) is 0 Å². The van der Waals surface area contributed by atoms with Gasteiger partial charge in [-0.15, -0.1) is 11.3 Å². The number of hydrogen-bond acceptors (Lipinski definition) is 7. The monoisotopic (exact) mass is 320 g/mol. The van der Waals surface area contributed by atoms with Gasteiger partial charge in [-0.3, -0.25) is 4.68 Å². The van der Waals surface area contributed by atoms with Crippen molar-refractivity contribution in [1.82, 2.24) is 19.1 Å². The molecule has 0 aromatic carbocycles. The van der Waals surface area contributed by atoms with Gasteiger partial charge in [0.1, 0.15) is 15.8 Å². The van der Waals surface area contributed by atoms with E-state index in [0.717, 1.165) is 32.5 Å². The lowest BCUT2D eigenvalue weighted by Crippen LogP contribution is -2.00. The minimum Gasteiger partial charge on any atom is -0.382 e. The van der Waals surface area contributed by atoms with Crippen molar-refractivity contribution in [3.63, 3.8) is 0 Å². The first kappa shape index (κ1) is 14.0. The summed E-state index contributed by atoms with van der Waals surface area (Å²) in [6.07, 6.45) is 2.01. The van der Waals surface area contributed by atoms with Crippen molar-refractivity contribution in [1.29, 1.82) is 0 Å². The van der Waals surface area contributed by atoms with Gasteiger partial charge >= 0.3 is 0 Å². The summed E-state index contributed by atoms with van der Waals surface area (Å²) in [6, 6.07) is 0. The molecule has 0 fully saturated rings. The van der Waals surface area contributed by atoms with E-state index in [1.807, 2.05) is 37.2 Å². The molecule has 6 nitrogen and oxygen atoms in total. The topological polar surface area (TPSA) is 81.6 Å². The molecule has 110 valence electrons. The van der Waals surface area contributed by atoms with Crippen LogP contribution in [0.2, 0.25) is 0 Å². The van der Waals surface area contributed by atoms with Crippen LogP contribution in [0.1, 0.15) is 17.0 Å². The highest BCUT2D eigenvalue weighted by Crippen LogP contribution is 2.38. The molecule has 3 aromatic rings. The summed E-state index contributed by atoms with van der Waals surface area (Å²) in [5, 5.41) is 11.6. The maximum absolute atomic E-state index is 6.00. The van der Waals surface area contributed by atoms with Crippen molar-refractivity contribution in [2.24, 2.45) is 7.05 Å². The Hall–Kier alpha value is -1.93. The maximum atomic E-state index is 6.00. The second-order valence-corrected chi connectivity index (χ2v) is 6.46. The Morgan fingerprint density at radius 3 is 2.81 bits per heavy atom. The molecule has 0 radical (unpaired) electrons. The fourth-order valence-electron chi connectivity index (χ4n) is 2.10. The number of nitrogen functional groups attached to an aromatic ring is 1. The highest BCUT2D eigenvalue weighted by molar-refractivity contribution is 7.15. The van der Waals surface area contributed by atoms with Crippen LogP contribution >= 0.6 is 22.9 Å². The maximum Gasteiger partial charge on any atom is 0.149 e. The molecule has 3 rings (SSSR count). The molecular weight excluding hydrogens is 304 g/mol. The van der Waals surface area contributed by atoms with E-state index in [1.54, 1.807) is 11.3 Å². The Balaban J connectivity index is 1.85. The Kier molecular flexibility index (Phi) is 3.64. The quantitative estimate of drug-likeness (QED) is 0.772. The van der Waals surface area contributed by atoms with Crippen LogP contribution in [0, 0.1) is 13.8 Å². The Morgan fingerprint density at radius 1 is 1.38 bits per heavy atom. The fraction of sp³-hybridized carbons (Fsp3) is 0.308. The first-order valence-electron chi connectivity index (χ1n) is 6.45. The van der Waals surface area contributed by atoms with Gasteiger partial charge in [-0.25, -0.2) is 4.98 Å². The van der Waals surface area contributed by atoms with Crippen molar-refractivity contribution < 1.29 is 0 Å². The molecule has 0 spiro atoms. The highest BCUT2D eigenvalue weighted by Gasteiger charge is 2.17. The van der Waals surface area contributed by atoms with E-state index in [4.69, 9.17) is 5.73 Å². The molecule has 8 heteroatoms. The molecule has 0 amide bonds. The Bertz CT molecular complexity index is 770. The average Bonchev–Trinajstić information content (AvgIpc) is 3.08. The molecule has 0 aliphatic heterocycles. The molecule has 3 N–H and O–H groups in total. The molecule has 0 bridgehead atoms. The Labute approximate surface area is 130 Å². The van der Waals surface area contributed by atoms with Crippen LogP contribution in [0.4, 0.5) is 10.8 Å². The molecule has 0 unspecified atom stereocenters. The van der Waals surface area contributed by atoms with Crippen LogP contribution in [0.3, 0.4) is 0 Å². The number of thiazole rings is 1. The van der Waals surface area contributed by atoms with Crippen LogP contribution in [-0.4, -0.2) is 19.1 Å². The smallest absolute Gasteiger partial charge is 0.149 e. The van der Waals surface area contributed by atoms with Gasteiger partial charge in [-0.2, -0.15) is 9.47 Å². The number of hydrogen-bond donors (Lipinski definition) is 2. The number of aromatic nitrogens is 4. The standard InChI is InChI=1S/C13H16N6S2/c1-7-6-20-13(16-7)10-11(14)18-21-12(10)15-4-9-5-19(3)17-8(9)2/h5-6,15H,4H2,1-3H3,(H2,14,18). The van der Waals surface area contributed by atoms with E-state index in [1.165, 1.54) is 11.5 Å². The van der Waals surface area contributed by atoms with Crippen LogP contribution in [0.25, 0.3) is 10.6 Å². The van der Waals surface area contributed by atoms with E-state index in [9.17, 15) is 0 Å². The summed E-state index contributed by atoms with van der Waals surface area (Å²) in [6.45, 7) is 4.67. The number of nitrogens with zero attached hydrogens (tertiary/aromatic N) is 4. The van der Waals surface area contributed by atoms with Gasteiger partial charge in [0, 0.05) is 36.4 Å². The summed E-state index contributed by atoms with van der Waals surface area (Å²) < 4.78 is 6.06. The van der Waals surface area contributed by atoms with Gasteiger partial charge in [-0.1, -0.05) is 0 Å². The lowest BCUT2D eigenvalue weighted by Gasteiger charge is -2.04. The summed E-state index contributed by atoms with van der Waals surface area (Å²) in [5.74, 6) is 0.528. The number of anilines is 2. The summed E-state index contributed by atoms with van der Waals surface area (Å²) in [5.41, 5.74) is 10.1. The van der Waals surface area contributed by atoms with Gasteiger partial charge in [0.2, 0.25) is 0 Å². The van der Waals surface area contributed by atoms with E-state index < -0.39 is 0 Å². The predicted molar refractivity (Wildman–Crippen MR) is 87.6 cm³/mol. The van der Waals surface area contributed by atoms with E-state index in [2.05, 4.69) is 19.8 Å². The lowest BCUT2D eigenvalue weighted by molar-refractivity contribution is 0.756. The molecule has 0 aliphatic carbocycles. The summed E-state index contributed by atoms with van der Waals surface area (Å²) in [7, 11) is 1.92. The summed E-state index contributed by atoms with van der Waals surface area (Å²) >= 11 is 2.95.